The molecule has 2 rings (SSSR count). The maximum atomic E-state index is 12.1. The number of hydrogen-bond acceptors (Lipinski definition) is 6. The Morgan fingerprint density at radius 1 is 1.17 bits per heavy atom. The van der Waals surface area contributed by atoms with Crippen LogP contribution in [0.5, 0.6) is 0 Å². The van der Waals surface area contributed by atoms with Crippen LogP contribution >= 0.6 is 0 Å². The first-order valence-corrected chi connectivity index (χ1v) is 9.46. The summed E-state index contributed by atoms with van der Waals surface area (Å²) in [5.41, 5.74) is 0.193. The molecule has 0 N–H and O–H groups in total. The van der Waals surface area contributed by atoms with E-state index in [4.69, 9.17) is 9.47 Å². The zero-order valence-electron chi connectivity index (χ0n) is 13.9. The second kappa shape index (κ2) is 7.31. The van der Waals surface area contributed by atoms with Crippen LogP contribution in [-0.2, 0) is 24.1 Å². The van der Waals surface area contributed by atoms with E-state index in [9.17, 15) is 18.0 Å². The first kappa shape index (κ1) is 18.4. The smallest absolute Gasteiger partial charge is 0.338 e. The minimum absolute atomic E-state index is 0.0584. The van der Waals surface area contributed by atoms with Crippen LogP contribution in [0.4, 0.5) is 0 Å². The summed E-state index contributed by atoms with van der Waals surface area (Å²) >= 11 is 0. The van der Waals surface area contributed by atoms with Crippen molar-refractivity contribution in [2.45, 2.75) is 31.0 Å². The molecule has 1 aliphatic rings. The number of carbonyl (C=O) groups excluding carboxylic acids is 2. The summed E-state index contributed by atoms with van der Waals surface area (Å²) in [4.78, 5) is 25.8. The Hall–Kier alpha value is -1.93. The van der Waals surface area contributed by atoms with E-state index in [2.05, 4.69) is 0 Å². The average molecular weight is 355 g/mol. The van der Waals surface area contributed by atoms with Crippen LogP contribution in [0.1, 0.15) is 24.2 Å². The van der Waals surface area contributed by atoms with Crippen molar-refractivity contribution in [1.29, 1.82) is 0 Å². The lowest BCUT2D eigenvalue weighted by Gasteiger charge is -2.35. The number of morpholine rings is 1. The van der Waals surface area contributed by atoms with E-state index in [0.29, 0.717) is 13.1 Å². The third kappa shape index (κ3) is 4.78. The molecule has 0 saturated carbocycles. The van der Waals surface area contributed by atoms with Crippen LogP contribution in [0, 0.1) is 0 Å². The Labute approximate surface area is 141 Å². The van der Waals surface area contributed by atoms with Gasteiger partial charge in [0.1, 0.15) is 0 Å². The fraction of sp³-hybridized carbons (Fsp3) is 0.500. The molecule has 7 nitrogen and oxygen atoms in total. The van der Waals surface area contributed by atoms with E-state index >= 15 is 0 Å². The topological polar surface area (TPSA) is 90.0 Å². The molecule has 0 unspecified atom stereocenters. The van der Waals surface area contributed by atoms with E-state index in [-0.39, 0.29) is 35.2 Å². The molecular weight excluding hydrogens is 334 g/mol. The molecule has 24 heavy (non-hydrogen) atoms. The van der Waals surface area contributed by atoms with Crippen LogP contribution in [-0.4, -0.2) is 63.4 Å². The molecule has 1 heterocycles. The molecule has 1 aromatic carbocycles. The van der Waals surface area contributed by atoms with Crippen molar-refractivity contribution in [3.63, 3.8) is 0 Å². The lowest BCUT2D eigenvalue weighted by atomic mass is 10.2. The molecule has 2 atom stereocenters. The molecule has 1 saturated heterocycles. The summed E-state index contributed by atoms with van der Waals surface area (Å²) in [5, 5.41) is 0. The van der Waals surface area contributed by atoms with Crippen molar-refractivity contribution in [3.8, 4) is 0 Å². The van der Waals surface area contributed by atoms with Gasteiger partial charge in [0.15, 0.2) is 16.4 Å². The Bertz CT molecular complexity index is 703. The average Bonchev–Trinajstić information content (AvgIpc) is 2.50. The maximum absolute atomic E-state index is 12.1. The number of esters is 1. The Kier molecular flexibility index (Phi) is 5.61. The first-order valence-electron chi connectivity index (χ1n) is 7.57. The molecule has 0 aliphatic carbocycles. The largest absolute Gasteiger partial charge is 0.452 e. The van der Waals surface area contributed by atoms with Gasteiger partial charge >= 0.3 is 5.97 Å². The van der Waals surface area contributed by atoms with Gasteiger partial charge in [-0.15, -0.1) is 0 Å². The van der Waals surface area contributed by atoms with Crippen LogP contribution in [0.25, 0.3) is 0 Å². The van der Waals surface area contributed by atoms with Crippen LogP contribution in [0.2, 0.25) is 0 Å². The summed E-state index contributed by atoms with van der Waals surface area (Å²) in [5.74, 6) is -0.948. The maximum Gasteiger partial charge on any atom is 0.338 e. The Morgan fingerprint density at radius 3 is 2.21 bits per heavy atom. The van der Waals surface area contributed by atoms with Crippen molar-refractivity contribution in [3.05, 3.63) is 29.8 Å². The summed E-state index contributed by atoms with van der Waals surface area (Å²) < 4.78 is 33.3. The van der Waals surface area contributed by atoms with Crippen molar-refractivity contribution in [2.75, 3.05) is 26.0 Å². The zero-order valence-corrected chi connectivity index (χ0v) is 14.7. The third-order valence-corrected chi connectivity index (χ3v) is 4.75. The fourth-order valence-electron chi connectivity index (χ4n) is 2.52. The van der Waals surface area contributed by atoms with E-state index < -0.39 is 15.8 Å². The first-order chi connectivity index (χ1) is 11.2. The summed E-state index contributed by atoms with van der Waals surface area (Å²) in [6.45, 7) is 4.33. The van der Waals surface area contributed by atoms with Gasteiger partial charge in [0.05, 0.1) is 22.7 Å². The minimum Gasteiger partial charge on any atom is -0.452 e. The normalized spacial score (nSPS) is 21.4. The molecule has 8 heteroatoms. The van der Waals surface area contributed by atoms with Crippen molar-refractivity contribution in [2.24, 2.45) is 0 Å². The molecule has 0 aromatic heterocycles. The highest BCUT2D eigenvalue weighted by Gasteiger charge is 2.26. The van der Waals surface area contributed by atoms with Gasteiger partial charge in [-0.05, 0) is 38.1 Å². The van der Waals surface area contributed by atoms with E-state index in [1.807, 2.05) is 13.8 Å². The van der Waals surface area contributed by atoms with Gasteiger partial charge in [-0.25, -0.2) is 13.2 Å². The number of nitrogens with zero attached hydrogens (tertiary/aromatic N) is 1. The number of amides is 1. The molecule has 1 aromatic rings. The van der Waals surface area contributed by atoms with E-state index in [0.717, 1.165) is 6.26 Å². The van der Waals surface area contributed by atoms with Gasteiger partial charge in [0.25, 0.3) is 5.91 Å². The number of hydrogen-bond donors (Lipinski definition) is 0. The predicted octanol–water partition coefficient (Wildman–Crippen LogP) is 0.883. The van der Waals surface area contributed by atoms with E-state index in [1.165, 1.54) is 24.3 Å². The SMILES string of the molecule is C[C@@H]1CN(C(=O)COC(=O)c2ccc(S(C)(=O)=O)cc2)C[C@@H](C)O1. The summed E-state index contributed by atoms with van der Waals surface area (Å²) in [6.07, 6.45) is 0.970. The number of sulfone groups is 1. The van der Waals surface area contributed by atoms with Crippen LogP contribution in [0.3, 0.4) is 0 Å². The van der Waals surface area contributed by atoms with Gasteiger partial charge in [0, 0.05) is 19.3 Å². The zero-order chi connectivity index (χ0) is 17.9. The van der Waals surface area contributed by atoms with Crippen LogP contribution in [0.15, 0.2) is 29.2 Å². The minimum atomic E-state index is -3.32. The van der Waals surface area contributed by atoms with Gasteiger partial charge in [-0.3, -0.25) is 4.79 Å². The fourth-order valence-corrected chi connectivity index (χ4v) is 3.15. The number of ether oxygens (including phenoxy) is 2. The summed E-state index contributed by atoms with van der Waals surface area (Å²) in [6, 6.07) is 5.39. The standard InChI is InChI=1S/C16H21NO6S/c1-11-8-17(9-12(2)23-11)15(18)10-22-16(19)13-4-6-14(7-5-13)24(3,20)21/h4-7,11-12H,8-10H2,1-3H3/t11-,12-/m1/s1. The third-order valence-electron chi connectivity index (χ3n) is 3.62. The Morgan fingerprint density at radius 2 is 1.71 bits per heavy atom. The number of benzene rings is 1. The molecule has 1 fully saturated rings. The summed E-state index contributed by atoms with van der Waals surface area (Å²) in [7, 11) is -3.32. The molecular formula is C16H21NO6S. The molecule has 1 aliphatic heterocycles. The molecule has 0 spiro atoms. The highest BCUT2D eigenvalue weighted by atomic mass is 32.2. The van der Waals surface area contributed by atoms with Crippen molar-refractivity contribution in [1.82, 2.24) is 4.90 Å². The highest BCUT2D eigenvalue weighted by molar-refractivity contribution is 7.90. The lowest BCUT2D eigenvalue weighted by Crippen LogP contribution is -2.49. The second-order valence-electron chi connectivity index (χ2n) is 5.93. The van der Waals surface area contributed by atoms with Gasteiger partial charge in [-0.1, -0.05) is 0 Å². The monoisotopic (exact) mass is 355 g/mol. The highest BCUT2D eigenvalue weighted by Crippen LogP contribution is 2.13. The molecule has 1 amide bonds. The number of carbonyl (C=O) groups is 2. The quantitative estimate of drug-likeness (QED) is 0.745. The van der Waals surface area contributed by atoms with Gasteiger partial charge in [-0.2, -0.15) is 0 Å². The van der Waals surface area contributed by atoms with Gasteiger partial charge in [0.2, 0.25) is 0 Å². The Balaban J connectivity index is 1.92. The van der Waals surface area contributed by atoms with Crippen LogP contribution < -0.4 is 0 Å². The number of rotatable bonds is 4. The van der Waals surface area contributed by atoms with Gasteiger partial charge < -0.3 is 14.4 Å². The second-order valence-corrected chi connectivity index (χ2v) is 7.94. The molecule has 132 valence electrons. The molecule has 0 radical (unpaired) electrons. The van der Waals surface area contributed by atoms with Crippen molar-refractivity contribution < 1.29 is 27.5 Å². The molecule has 0 bridgehead atoms. The predicted molar refractivity (Wildman–Crippen MR) is 86.4 cm³/mol. The van der Waals surface area contributed by atoms with E-state index in [1.54, 1.807) is 4.90 Å². The van der Waals surface area contributed by atoms with Crippen molar-refractivity contribution >= 4 is 21.7 Å². The lowest BCUT2D eigenvalue weighted by molar-refractivity contribution is -0.146.